The van der Waals surface area contributed by atoms with E-state index in [2.05, 4.69) is 28.8 Å². The molecule has 1 fully saturated rings. The number of nitrogens with one attached hydrogen (secondary N) is 2. The van der Waals surface area contributed by atoms with Gasteiger partial charge in [0.25, 0.3) is 15.9 Å². The van der Waals surface area contributed by atoms with Crippen LogP contribution in [0.25, 0.3) is 0 Å². The summed E-state index contributed by atoms with van der Waals surface area (Å²) in [6.07, 6.45) is 3.60. The van der Waals surface area contributed by atoms with E-state index in [0.717, 1.165) is 13.1 Å². The highest BCUT2D eigenvalue weighted by Gasteiger charge is 2.28. The number of amides is 1. The van der Waals surface area contributed by atoms with E-state index in [-0.39, 0.29) is 22.0 Å². The first-order valence-electron chi connectivity index (χ1n) is 10.1. The molecule has 1 aliphatic heterocycles. The monoisotopic (exact) mass is 433 g/mol. The van der Waals surface area contributed by atoms with Crippen LogP contribution >= 0.6 is 0 Å². The number of carbonyl (C=O) groups is 1. The maximum atomic E-state index is 13.7. The van der Waals surface area contributed by atoms with Crippen molar-refractivity contribution in [3.8, 4) is 0 Å². The van der Waals surface area contributed by atoms with Gasteiger partial charge in [-0.05, 0) is 76.2 Å². The summed E-state index contributed by atoms with van der Waals surface area (Å²) >= 11 is 0. The number of rotatable bonds is 7. The van der Waals surface area contributed by atoms with Crippen molar-refractivity contribution in [3.05, 3.63) is 59.9 Å². The molecule has 2 aromatic rings. The van der Waals surface area contributed by atoms with Crippen LogP contribution in [0.1, 0.15) is 43.5 Å². The first-order chi connectivity index (χ1) is 14.2. The average Bonchev–Trinajstić information content (AvgIpc) is 2.74. The van der Waals surface area contributed by atoms with Crippen molar-refractivity contribution < 1.29 is 17.6 Å². The lowest BCUT2D eigenvalue weighted by atomic mass is 9.98. The number of hydrogen-bond acceptors (Lipinski definition) is 4. The van der Waals surface area contributed by atoms with E-state index < -0.39 is 15.8 Å². The number of para-hydroxylation sites is 1. The molecule has 0 unspecified atom stereocenters. The summed E-state index contributed by atoms with van der Waals surface area (Å²) in [4.78, 5) is 14.9. The average molecular weight is 434 g/mol. The Kier molecular flexibility index (Phi) is 6.77. The minimum absolute atomic E-state index is 0.0454. The molecule has 0 spiro atoms. The quantitative estimate of drug-likeness (QED) is 0.699. The van der Waals surface area contributed by atoms with Crippen molar-refractivity contribution in [2.45, 2.75) is 43.5 Å². The molecule has 2 aromatic carbocycles. The van der Waals surface area contributed by atoms with Crippen LogP contribution in [0.4, 0.5) is 10.1 Å². The zero-order valence-corrected chi connectivity index (χ0v) is 18.1. The molecule has 162 valence electrons. The molecule has 0 bridgehead atoms. The first kappa shape index (κ1) is 22.2. The number of hydrogen-bond donors (Lipinski definition) is 2. The van der Waals surface area contributed by atoms with Crippen molar-refractivity contribution in [1.82, 2.24) is 10.2 Å². The number of halogens is 1. The van der Waals surface area contributed by atoms with Crippen LogP contribution in [0.5, 0.6) is 0 Å². The largest absolute Gasteiger partial charge is 0.350 e. The van der Waals surface area contributed by atoms with Gasteiger partial charge in [0.05, 0.1) is 10.6 Å². The fourth-order valence-corrected chi connectivity index (χ4v) is 4.61. The molecule has 0 saturated carbocycles. The lowest BCUT2D eigenvalue weighted by Gasteiger charge is -2.41. The maximum absolute atomic E-state index is 13.7. The van der Waals surface area contributed by atoms with Gasteiger partial charge >= 0.3 is 0 Å². The lowest BCUT2D eigenvalue weighted by Crippen LogP contribution is -2.53. The highest BCUT2D eigenvalue weighted by Crippen LogP contribution is 2.21. The third kappa shape index (κ3) is 5.37. The highest BCUT2D eigenvalue weighted by molar-refractivity contribution is 7.92. The van der Waals surface area contributed by atoms with Crippen LogP contribution in [0.2, 0.25) is 0 Å². The van der Waals surface area contributed by atoms with Crippen molar-refractivity contribution in [2.75, 3.05) is 24.4 Å². The number of piperidine rings is 1. The molecule has 0 aromatic heterocycles. The van der Waals surface area contributed by atoms with Crippen molar-refractivity contribution in [3.63, 3.8) is 0 Å². The van der Waals surface area contributed by atoms with Crippen molar-refractivity contribution in [1.29, 1.82) is 0 Å². The van der Waals surface area contributed by atoms with E-state index in [0.29, 0.717) is 12.1 Å². The van der Waals surface area contributed by atoms with Gasteiger partial charge in [-0.25, -0.2) is 12.8 Å². The molecule has 0 atom stereocenters. The normalized spacial score (nSPS) is 15.6. The molecule has 1 heterocycles. The third-order valence-corrected chi connectivity index (χ3v) is 6.82. The van der Waals surface area contributed by atoms with Crippen molar-refractivity contribution in [2.24, 2.45) is 0 Å². The van der Waals surface area contributed by atoms with E-state index in [4.69, 9.17) is 0 Å². The number of nitrogens with zero attached hydrogens (tertiary/aromatic N) is 1. The van der Waals surface area contributed by atoms with Gasteiger partial charge in [0.2, 0.25) is 0 Å². The Morgan fingerprint density at radius 1 is 1.03 bits per heavy atom. The number of carbonyl (C=O) groups excluding carboxylic acids is 1. The van der Waals surface area contributed by atoms with Gasteiger partial charge in [0.1, 0.15) is 5.82 Å². The molecule has 0 radical (unpaired) electrons. The zero-order chi connectivity index (χ0) is 21.8. The summed E-state index contributed by atoms with van der Waals surface area (Å²) in [7, 11) is -3.96. The minimum atomic E-state index is -3.96. The Labute approximate surface area is 177 Å². The summed E-state index contributed by atoms with van der Waals surface area (Å²) in [6, 6.07) is 11.1. The van der Waals surface area contributed by atoms with Crippen LogP contribution < -0.4 is 10.0 Å². The standard InChI is InChI=1S/C22H28FN3O3S/c1-22(2,26-14-6-3-7-15-26)16-24-21(27)17-10-12-18(13-11-17)30(28,29)25-20-9-5-4-8-19(20)23/h4-5,8-13,25H,3,6-7,14-16H2,1-2H3,(H,24,27). The summed E-state index contributed by atoms with van der Waals surface area (Å²) in [5, 5.41) is 2.95. The number of sulfonamides is 1. The molecule has 2 N–H and O–H groups in total. The summed E-state index contributed by atoms with van der Waals surface area (Å²) in [6.45, 7) is 6.79. The van der Waals surface area contributed by atoms with Gasteiger partial charge < -0.3 is 5.32 Å². The van der Waals surface area contributed by atoms with Crippen LogP contribution in [-0.2, 0) is 10.0 Å². The van der Waals surface area contributed by atoms with E-state index in [9.17, 15) is 17.6 Å². The summed E-state index contributed by atoms with van der Waals surface area (Å²) < 4.78 is 40.9. The third-order valence-electron chi connectivity index (χ3n) is 5.44. The molecule has 3 rings (SSSR count). The number of likely N-dealkylation sites (tertiary alicyclic amines) is 1. The van der Waals surface area contributed by atoms with Gasteiger partial charge in [0.15, 0.2) is 0 Å². The predicted molar refractivity (Wildman–Crippen MR) is 115 cm³/mol. The van der Waals surface area contributed by atoms with Crippen LogP contribution in [-0.4, -0.2) is 44.4 Å². The smallest absolute Gasteiger partial charge is 0.261 e. The van der Waals surface area contributed by atoms with Gasteiger partial charge in [-0.3, -0.25) is 14.4 Å². The van der Waals surface area contributed by atoms with Crippen LogP contribution in [0.15, 0.2) is 53.4 Å². The Morgan fingerprint density at radius 2 is 1.67 bits per heavy atom. The second-order valence-corrected chi connectivity index (χ2v) is 9.83. The molecular weight excluding hydrogens is 405 g/mol. The van der Waals surface area contributed by atoms with Crippen LogP contribution in [0.3, 0.4) is 0 Å². The molecule has 1 saturated heterocycles. The molecule has 1 aliphatic rings. The molecule has 1 amide bonds. The van der Waals surface area contributed by atoms with Gasteiger partial charge in [-0.1, -0.05) is 18.6 Å². The van der Waals surface area contributed by atoms with Crippen molar-refractivity contribution >= 4 is 21.6 Å². The summed E-state index contributed by atoms with van der Waals surface area (Å²) in [5.41, 5.74) is 0.0943. The van der Waals surface area contributed by atoms with E-state index in [1.807, 2.05) is 0 Å². The number of anilines is 1. The first-order valence-corrected chi connectivity index (χ1v) is 11.6. The maximum Gasteiger partial charge on any atom is 0.261 e. The molecular formula is C22H28FN3O3S. The second-order valence-electron chi connectivity index (χ2n) is 8.15. The Bertz CT molecular complexity index is 985. The molecule has 8 heteroatoms. The zero-order valence-electron chi connectivity index (χ0n) is 17.3. The highest BCUT2D eigenvalue weighted by atomic mass is 32.2. The van der Waals surface area contributed by atoms with Gasteiger partial charge in [-0.15, -0.1) is 0 Å². The Balaban J connectivity index is 1.63. The number of benzene rings is 2. The predicted octanol–water partition coefficient (Wildman–Crippen LogP) is 3.62. The molecule has 0 aliphatic carbocycles. The van der Waals surface area contributed by atoms with Gasteiger partial charge in [0, 0.05) is 17.6 Å². The Hall–Kier alpha value is -2.45. The second kappa shape index (κ2) is 9.14. The lowest BCUT2D eigenvalue weighted by molar-refractivity contribution is 0.0797. The molecule has 6 nitrogen and oxygen atoms in total. The molecule has 30 heavy (non-hydrogen) atoms. The minimum Gasteiger partial charge on any atom is -0.350 e. The fraction of sp³-hybridized carbons (Fsp3) is 0.409. The van der Waals surface area contributed by atoms with E-state index in [1.54, 1.807) is 6.07 Å². The topological polar surface area (TPSA) is 78.5 Å². The summed E-state index contributed by atoms with van der Waals surface area (Å²) in [5.74, 6) is -0.917. The van der Waals surface area contributed by atoms with Gasteiger partial charge in [-0.2, -0.15) is 0 Å². The van der Waals surface area contributed by atoms with E-state index >= 15 is 0 Å². The van der Waals surface area contributed by atoms with Crippen LogP contribution in [0, 0.1) is 5.82 Å². The van der Waals surface area contributed by atoms with E-state index in [1.165, 1.54) is 61.7 Å². The fourth-order valence-electron chi connectivity index (χ4n) is 3.54. The Morgan fingerprint density at radius 3 is 2.30 bits per heavy atom. The SMILES string of the molecule is CC(C)(CNC(=O)c1ccc(S(=O)(=O)Nc2ccccc2F)cc1)N1CCCCC1.